The summed E-state index contributed by atoms with van der Waals surface area (Å²) in [6.45, 7) is 0. The fourth-order valence-electron chi connectivity index (χ4n) is 3.22. The molecule has 1 aliphatic rings. The molecule has 0 amide bonds. The number of benzene rings is 3. The molecule has 25 heavy (non-hydrogen) atoms. The van der Waals surface area contributed by atoms with Crippen LogP contribution in [-0.4, -0.2) is 4.57 Å². The van der Waals surface area contributed by atoms with E-state index in [4.69, 9.17) is 9.15 Å². The van der Waals surface area contributed by atoms with Gasteiger partial charge in [0.15, 0.2) is 11.5 Å². The molecule has 0 atom stereocenters. The molecule has 0 saturated carbocycles. The summed E-state index contributed by atoms with van der Waals surface area (Å²) in [5.41, 5.74) is 3.05. The first-order chi connectivity index (χ1) is 12.3. The van der Waals surface area contributed by atoms with Gasteiger partial charge in [-0.15, -0.1) is 0 Å². The Morgan fingerprint density at radius 1 is 0.720 bits per heavy atom. The van der Waals surface area contributed by atoms with Crippen molar-refractivity contribution in [3.63, 3.8) is 0 Å². The van der Waals surface area contributed by atoms with Gasteiger partial charge in [-0.3, -0.25) is 0 Å². The van der Waals surface area contributed by atoms with Crippen LogP contribution in [0, 0.1) is 0 Å². The Hall–Kier alpha value is -3.53. The predicted octanol–water partition coefficient (Wildman–Crippen LogP) is 4.87. The van der Waals surface area contributed by atoms with E-state index in [0.717, 1.165) is 11.1 Å². The summed E-state index contributed by atoms with van der Waals surface area (Å²) in [6.07, 6.45) is 0. The smallest absolute Gasteiger partial charge is 0.424 e. The number of aromatic nitrogens is 1. The van der Waals surface area contributed by atoms with Crippen molar-refractivity contribution in [1.82, 2.24) is 4.57 Å². The van der Waals surface area contributed by atoms with Gasteiger partial charge >= 0.3 is 5.76 Å². The highest BCUT2D eigenvalue weighted by molar-refractivity contribution is 5.83. The molecule has 3 aromatic carbocycles. The van der Waals surface area contributed by atoms with Gasteiger partial charge in [0, 0.05) is 11.1 Å². The molecule has 0 fully saturated rings. The number of ether oxygens (including phenoxy) is 1. The van der Waals surface area contributed by atoms with Crippen LogP contribution in [0.1, 0.15) is 0 Å². The summed E-state index contributed by atoms with van der Waals surface area (Å²) in [5, 5.41) is 0. The molecular weight excluding hydrogens is 314 g/mol. The SMILES string of the molecule is O=c1oc(-c2ccccc2)c2n1-c1ccccc1Oc1ccccc1-2. The lowest BCUT2D eigenvalue weighted by Crippen LogP contribution is -2.12. The van der Waals surface area contributed by atoms with Crippen LogP contribution in [0.2, 0.25) is 0 Å². The molecule has 0 N–H and O–H groups in total. The van der Waals surface area contributed by atoms with E-state index in [1.54, 1.807) is 4.57 Å². The highest BCUT2D eigenvalue weighted by Gasteiger charge is 2.28. The summed E-state index contributed by atoms with van der Waals surface area (Å²) in [7, 11) is 0. The number of hydrogen-bond acceptors (Lipinski definition) is 3. The zero-order chi connectivity index (χ0) is 16.8. The lowest BCUT2D eigenvalue weighted by molar-refractivity contribution is 0.478. The topological polar surface area (TPSA) is 44.4 Å². The minimum Gasteiger partial charge on any atom is -0.454 e. The second-order valence-electron chi connectivity index (χ2n) is 5.81. The molecule has 4 aromatic rings. The Morgan fingerprint density at radius 3 is 2.24 bits per heavy atom. The second-order valence-corrected chi connectivity index (χ2v) is 5.81. The molecule has 0 saturated heterocycles. The number of rotatable bonds is 1. The van der Waals surface area contributed by atoms with E-state index in [-0.39, 0.29) is 0 Å². The molecule has 1 aliphatic heterocycles. The van der Waals surface area contributed by atoms with Crippen LogP contribution in [0.3, 0.4) is 0 Å². The standard InChI is InChI=1S/C21H13NO3/c23-21-22-16-11-5-7-13-18(16)24-17-12-6-4-10-15(17)19(22)20(25-21)14-8-2-1-3-9-14/h1-13H. The molecule has 4 heteroatoms. The molecule has 2 heterocycles. The van der Waals surface area contributed by atoms with E-state index < -0.39 is 5.76 Å². The van der Waals surface area contributed by atoms with Gasteiger partial charge in [0.2, 0.25) is 0 Å². The van der Waals surface area contributed by atoms with Crippen LogP contribution in [-0.2, 0) is 0 Å². The molecule has 0 aliphatic carbocycles. The lowest BCUT2D eigenvalue weighted by Gasteiger charge is -2.08. The fraction of sp³-hybridized carbons (Fsp3) is 0. The maximum Gasteiger partial charge on any atom is 0.424 e. The first-order valence-corrected chi connectivity index (χ1v) is 8.01. The van der Waals surface area contributed by atoms with Crippen LogP contribution in [0.15, 0.2) is 88.1 Å². The molecule has 0 unspecified atom stereocenters. The average Bonchev–Trinajstić information content (AvgIpc) is 2.92. The van der Waals surface area contributed by atoms with Gasteiger partial charge in [0.1, 0.15) is 11.4 Å². The summed E-state index contributed by atoms with van der Waals surface area (Å²) in [6, 6.07) is 24.8. The molecule has 4 nitrogen and oxygen atoms in total. The van der Waals surface area contributed by atoms with Gasteiger partial charge in [-0.2, -0.15) is 0 Å². The second kappa shape index (κ2) is 5.24. The zero-order valence-electron chi connectivity index (χ0n) is 13.2. The van der Waals surface area contributed by atoms with Crippen LogP contribution < -0.4 is 10.5 Å². The number of nitrogens with zero attached hydrogens (tertiary/aromatic N) is 1. The number of oxazole rings is 1. The Balaban J connectivity index is 1.94. The van der Waals surface area contributed by atoms with Crippen molar-refractivity contribution in [2.45, 2.75) is 0 Å². The summed E-state index contributed by atoms with van der Waals surface area (Å²) in [4.78, 5) is 12.7. The first-order valence-electron chi connectivity index (χ1n) is 8.01. The van der Waals surface area contributed by atoms with E-state index in [0.29, 0.717) is 28.6 Å². The maximum absolute atomic E-state index is 12.7. The largest absolute Gasteiger partial charge is 0.454 e. The summed E-state index contributed by atoms with van der Waals surface area (Å²) < 4.78 is 13.3. The third kappa shape index (κ3) is 2.04. The van der Waals surface area contributed by atoms with Gasteiger partial charge in [0.05, 0.1) is 5.69 Å². The van der Waals surface area contributed by atoms with Gasteiger partial charge in [-0.1, -0.05) is 54.6 Å². The monoisotopic (exact) mass is 327 g/mol. The summed E-state index contributed by atoms with van der Waals surface area (Å²) >= 11 is 0. The number of para-hydroxylation sites is 3. The van der Waals surface area contributed by atoms with Crippen LogP contribution in [0.25, 0.3) is 28.3 Å². The Morgan fingerprint density at radius 2 is 1.40 bits per heavy atom. The van der Waals surface area contributed by atoms with Gasteiger partial charge < -0.3 is 9.15 Å². The van der Waals surface area contributed by atoms with E-state index in [1.165, 1.54) is 0 Å². The van der Waals surface area contributed by atoms with Crippen LogP contribution in [0.5, 0.6) is 11.5 Å². The molecule has 0 bridgehead atoms. The number of fused-ring (bicyclic) bond motifs is 5. The van der Waals surface area contributed by atoms with Crippen LogP contribution in [0.4, 0.5) is 0 Å². The zero-order valence-corrected chi connectivity index (χ0v) is 13.2. The first kappa shape index (κ1) is 13.9. The van der Waals surface area contributed by atoms with E-state index >= 15 is 0 Å². The third-order valence-electron chi connectivity index (χ3n) is 4.31. The molecule has 0 spiro atoms. The highest BCUT2D eigenvalue weighted by atomic mass is 16.5. The highest BCUT2D eigenvalue weighted by Crippen LogP contribution is 2.44. The normalized spacial score (nSPS) is 11.7. The minimum absolute atomic E-state index is 0.429. The van der Waals surface area contributed by atoms with Crippen LogP contribution >= 0.6 is 0 Å². The van der Waals surface area contributed by atoms with Crippen molar-refractivity contribution in [3.8, 4) is 39.8 Å². The van der Waals surface area contributed by atoms with Crippen molar-refractivity contribution in [1.29, 1.82) is 0 Å². The molecular formula is C21H13NO3. The van der Waals surface area contributed by atoms with Crippen molar-refractivity contribution < 1.29 is 9.15 Å². The predicted molar refractivity (Wildman–Crippen MR) is 95.3 cm³/mol. The lowest BCUT2D eigenvalue weighted by atomic mass is 10.0. The Bertz CT molecular complexity index is 1140. The summed E-state index contributed by atoms with van der Waals surface area (Å²) in [5.74, 6) is 1.43. The Kier molecular flexibility index (Phi) is 2.91. The van der Waals surface area contributed by atoms with Gasteiger partial charge in [0.25, 0.3) is 0 Å². The van der Waals surface area contributed by atoms with Crippen molar-refractivity contribution in [2.24, 2.45) is 0 Å². The molecule has 120 valence electrons. The molecule has 1 aromatic heterocycles. The molecule has 0 radical (unpaired) electrons. The van der Waals surface area contributed by atoms with Gasteiger partial charge in [-0.05, 0) is 24.3 Å². The van der Waals surface area contributed by atoms with E-state index in [2.05, 4.69) is 0 Å². The quantitative estimate of drug-likeness (QED) is 0.441. The fourth-order valence-corrected chi connectivity index (χ4v) is 3.22. The minimum atomic E-state index is -0.429. The van der Waals surface area contributed by atoms with Gasteiger partial charge in [-0.25, -0.2) is 9.36 Å². The van der Waals surface area contributed by atoms with Crippen molar-refractivity contribution in [2.75, 3.05) is 0 Å². The molecule has 5 rings (SSSR count). The number of hydrogen-bond donors (Lipinski definition) is 0. The van der Waals surface area contributed by atoms with E-state index in [1.807, 2.05) is 78.9 Å². The Labute approximate surface area is 143 Å². The van der Waals surface area contributed by atoms with Crippen molar-refractivity contribution >= 4 is 0 Å². The average molecular weight is 327 g/mol. The van der Waals surface area contributed by atoms with E-state index in [9.17, 15) is 4.79 Å². The third-order valence-corrected chi connectivity index (χ3v) is 4.31. The maximum atomic E-state index is 12.7. The van der Waals surface area contributed by atoms with Crippen molar-refractivity contribution in [3.05, 3.63) is 89.4 Å².